The number of nitrogens with zero attached hydrogens (tertiary/aromatic N) is 3. The fourth-order valence-electron chi connectivity index (χ4n) is 2.95. The number of thiophene rings is 1. The maximum absolute atomic E-state index is 12.7. The predicted molar refractivity (Wildman–Crippen MR) is 101 cm³/mol. The van der Waals surface area contributed by atoms with Crippen LogP contribution in [0, 0.1) is 5.92 Å². The van der Waals surface area contributed by atoms with Crippen molar-refractivity contribution in [2.24, 2.45) is 13.0 Å². The second-order valence-corrected chi connectivity index (χ2v) is 9.08. The van der Waals surface area contributed by atoms with Crippen molar-refractivity contribution in [3.05, 3.63) is 55.8 Å². The van der Waals surface area contributed by atoms with Crippen LogP contribution in [0.3, 0.4) is 0 Å². The van der Waals surface area contributed by atoms with Gasteiger partial charge >= 0.3 is 24.6 Å². The standard InChI is InChI=1S/C17H19N3O5S2.Li/c1-10(2)9-20-16-13(15(21)19(3)17(20)22)14(27(23,24)25)12(26-16)7-11-5-4-6-18-8-11;/h4-6,8,10H,7,9H2,1-3H3,(H,23,24,25);/q;+1/p-1. The summed E-state index contributed by atoms with van der Waals surface area (Å²) in [5, 5.41) is -0.211. The predicted octanol–water partition coefficient (Wildman–Crippen LogP) is -1.69. The monoisotopic (exact) mass is 415 g/mol. The van der Waals surface area contributed by atoms with Crippen molar-refractivity contribution in [1.82, 2.24) is 14.1 Å². The molecule has 3 heterocycles. The average Bonchev–Trinajstić information content (AvgIpc) is 2.97. The van der Waals surface area contributed by atoms with Gasteiger partial charge in [0.2, 0.25) is 0 Å². The minimum absolute atomic E-state index is 0. The van der Waals surface area contributed by atoms with Crippen LogP contribution in [-0.4, -0.2) is 27.1 Å². The van der Waals surface area contributed by atoms with Gasteiger partial charge in [-0.05, 0) is 17.5 Å². The van der Waals surface area contributed by atoms with Gasteiger partial charge in [0.1, 0.15) is 14.9 Å². The molecule has 3 rings (SSSR count). The Labute approximate surface area is 177 Å². The summed E-state index contributed by atoms with van der Waals surface area (Å²) in [6, 6.07) is 3.44. The second kappa shape index (κ2) is 8.35. The molecule has 8 nitrogen and oxygen atoms in total. The summed E-state index contributed by atoms with van der Waals surface area (Å²) in [6.45, 7) is 4.10. The number of fused-ring (bicyclic) bond motifs is 1. The molecule has 0 saturated carbocycles. The summed E-state index contributed by atoms with van der Waals surface area (Å²) in [5.41, 5.74) is -0.619. The van der Waals surface area contributed by atoms with Gasteiger partial charge in [-0.25, -0.2) is 13.2 Å². The molecule has 28 heavy (non-hydrogen) atoms. The van der Waals surface area contributed by atoms with E-state index in [1.54, 1.807) is 24.5 Å². The van der Waals surface area contributed by atoms with Crippen molar-refractivity contribution in [2.75, 3.05) is 0 Å². The normalized spacial score (nSPS) is 11.8. The molecule has 0 aliphatic rings. The Morgan fingerprint density at radius 3 is 2.50 bits per heavy atom. The Bertz CT molecular complexity index is 1230. The van der Waals surface area contributed by atoms with E-state index in [9.17, 15) is 22.6 Å². The largest absolute Gasteiger partial charge is 1.00 e. The van der Waals surface area contributed by atoms with Crippen LogP contribution in [0.2, 0.25) is 0 Å². The zero-order valence-corrected chi connectivity index (χ0v) is 17.6. The third kappa shape index (κ3) is 4.16. The van der Waals surface area contributed by atoms with E-state index in [1.165, 1.54) is 11.6 Å². The van der Waals surface area contributed by atoms with E-state index in [1.807, 2.05) is 13.8 Å². The van der Waals surface area contributed by atoms with Gasteiger partial charge in [-0.2, -0.15) is 0 Å². The average molecular weight is 415 g/mol. The number of aromatic nitrogens is 3. The Hall–Kier alpha value is -1.70. The molecule has 0 aliphatic carbocycles. The molecule has 3 aromatic rings. The molecule has 0 aromatic carbocycles. The third-order valence-corrected chi connectivity index (χ3v) is 6.37. The summed E-state index contributed by atoms with van der Waals surface area (Å²) in [7, 11) is -3.64. The van der Waals surface area contributed by atoms with Gasteiger partial charge in [0.05, 0.1) is 10.3 Å². The van der Waals surface area contributed by atoms with E-state index >= 15 is 0 Å². The van der Waals surface area contributed by atoms with Crippen LogP contribution in [0.5, 0.6) is 0 Å². The van der Waals surface area contributed by atoms with Gasteiger partial charge in [0.25, 0.3) is 5.56 Å². The summed E-state index contributed by atoms with van der Waals surface area (Å²) in [6.07, 6.45) is 3.27. The molecular formula is C17H18LiN3O5S2. The molecule has 3 aromatic heterocycles. The van der Waals surface area contributed by atoms with E-state index < -0.39 is 26.3 Å². The van der Waals surface area contributed by atoms with Crippen LogP contribution < -0.4 is 30.1 Å². The van der Waals surface area contributed by atoms with Gasteiger partial charge in [-0.3, -0.25) is 18.9 Å². The minimum atomic E-state index is -4.92. The van der Waals surface area contributed by atoms with Gasteiger partial charge in [-0.15, -0.1) is 11.3 Å². The van der Waals surface area contributed by atoms with Crippen molar-refractivity contribution >= 4 is 31.7 Å². The third-order valence-electron chi connectivity index (χ3n) is 4.08. The zero-order valence-electron chi connectivity index (χ0n) is 16.0. The molecule has 144 valence electrons. The van der Waals surface area contributed by atoms with E-state index in [0.717, 1.165) is 15.9 Å². The van der Waals surface area contributed by atoms with Crippen LogP contribution >= 0.6 is 11.3 Å². The maximum atomic E-state index is 12.7. The van der Waals surface area contributed by atoms with Crippen LogP contribution in [0.4, 0.5) is 0 Å². The number of hydrogen-bond donors (Lipinski definition) is 0. The van der Waals surface area contributed by atoms with Gasteiger partial charge < -0.3 is 4.55 Å². The van der Waals surface area contributed by atoms with Crippen molar-refractivity contribution < 1.29 is 31.8 Å². The van der Waals surface area contributed by atoms with E-state index in [2.05, 4.69) is 4.98 Å². The van der Waals surface area contributed by atoms with Crippen LogP contribution in [-0.2, 0) is 30.1 Å². The molecule has 11 heteroatoms. The topological polar surface area (TPSA) is 114 Å². The summed E-state index contributed by atoms with van der Waals surface area (Å²) < 4.78 is 38.2. The smallest absolute Gasteiger partial charge is 0.744 e. The Kier molecular flexibility index (Phi) is 6.73. The van der Waals surface area contributed by atoms with Crippen LogP contribution in [0.15, 0.2) is 39.0 Å². The molecule has 0 spiro atoms. The summed E-state index contributed by atoms with van der Waals surface area (Å²) in [4.78, 5) is 29.1. The molecule has 0 atom stereocenters. The van der Waals surface area contributed by atoms with Crippen LogP contribution in [0.25, 0.3) is 10.2 Å². The first-order chi connectivity index (χ1) is 12.6. The first-order valence-electron chi connectivity index (χ1n) is 8.21. The summed E-state index contributed by atoms with van der Waals surface area (Å²) in [5.74, 6) is 0.0829. The van der Waals surface area contributed by atoms with Crippen molar-refractivity contribution in [3.8, 4) is 0 Å². The molecule has 0 fully saturated rings. The van der Waals surface area contributed by atoms with E-state index in [4.69, 9.17) is 0 Å². The van der Waals surface area contributed by atoms with Crippen molar-refractivity contribution in [3.63, 3.8) is 0 Å². The Morgan fingerprint density at radius 2 is 1.96 bits per heavy atom. The van der Waals surface area contributed by atoms with Crippen molar-refractivity contribution in [2.45, 2.75) is 31.7 Å². The summed E-state index contributed by atoms with van der Waals surface area (Å²) >= 11 is 0.994. The number of hydrogen-bond acceptors (Lipinski definition) is 7. The van der Waals surface area contributed by atoms with Crippen LogP contribution in [0.1, 0.15) is 24.3 Å². The molecule has 0 radical (unpaired) electrons. The van der Waals surface area contributed by atoms with E-state index in [0.29, 0.717) is 12.1 Å². The quantitative estimate of drug-likeness (QED) is 0.363. The molecule has 0 aliphatic heterocycles. The molecule has 0 amide bonds. The molecular weight excluding hydrogens is 397 g/mol. The molecule has 0 saturated heterocycles. The molecule has 0 N–H and O–H groups in total. The number of rotatable bonds is 5. The second-order valence-electron chi connectivity index (χ2n) is 6.68. The molecule has 0 unspecified atom stereocenters. The van der Waals surface area contributed by atoms with E-state index in [-0.39, 0.29) is 46.3 Å². The first kappa shape index (κ1) is 22.6. The van der Waals surface area contributed by atoms with Gasteiger partial charge in [0.15, 0.2) is 0 Å². The Morgan fingerprint density at radius 1 is 1.29 bits per heavy atom. The minimum Gasteiger partial charge on any atom is -0.744 e. The zero-order chi connectivity index (χ0) is 19.9. The Balaban J connectivity index is 0.00000280. The fourth-order valence-corrected chi connectivity index (χ4v) is 5.45. The first-order valence-corrected chi connectivity index (χ1v) is 10.4. The molecule has 0 bridgehead atoms. The SMILES string of the molecule is CC(C)Cn1c(=O)n(C)c(=O)c2c(S(=O)(=O)[O-])c(Cc3cccnc3)sc21.[Li+]. The number of pyridine rings is 1. The van der Waals surface area contributed by atoms with Gasteiger partial charge in [0, 0.05) is 37.3 Å². The van der Waals surface area contributed by atoms with Gasteiger partial charge in [-0.1, -0.05) is 19.9 Å². The van der Waals surface area contributed by atoms with Crippen molar-refractivity contribution in [1.29, 1.82) is 0 Å². The fraction of sp³-hybridized carbons (Fsp3) is 0.353. The maximum Gasteiger partial charge on any atom is 1.00 e.